The monoisotopic (exact) mass is 437 g/mol. The number of rotatable bonds is 4. The summed E-state index contributed by atoms with van der Waals surface area (Å²) in [5.41, 5.74) is -0.815. The van der Waals surface area contributed by atoms with Crippen LogP contribution in [0.2, 0.25) is 0 Å². The lowest BCUT2D eigenvalue weighted by atomic mass is 9.73. The van der Waals surface area contributed by atoms with Gasteiger partial charge in [-0.3, -0.25) is 0 Å². The molecular weight excluding hydrogens is 406 g/mol. The maximum Gasteiger partial charge on any atom is 0.343 e. The number of benzene rings is 1. The number of halogens is 1. The highest BCUT2D eigenvalue weighted by atomic mass is 79.9. The van der Waals surface area contributed by atoms with E-state index in [0.29, 0.717) is 11.5 Å². The van der Waals surface area contributed by atoms with Crippen LogP contribution in [0.5, 0.6) is 0 Å². The van der Waals surface area contributed by atoms with E-state index in [1.807, 2.05) is 30.3 Å². The van der Waals surface area contributed by atoms with Crippen LogP contribution in [-0.2, 0) is 15.1 Å². The molecule has 0 spiro atoms. The molecule has 0 aromatic heterocycles. The molecule has 1 aliphatic carbocycles. The molecule has 3 aliphatic heterocycles. The van der Waals surface area contributed by atoms with Crippen molar-refractivity contribution in [1.82, 2.24) is 0 Å². The number of carbonyl (C=O) groups excluding carboxylic acids is 1. The minimum absolute atomic E-state index is 0. The first kappa shape index (κ1) is 20.8. The summed E-state index contributed by atoms with van der Waals surface area (Å²) in [6.07, 6.45) is 7.33. The van der Waals surface area contributed by atoms with Crippen molar-refractivity contribution in [3.63, 3.8) is 0 Å². The summed E-state index contributed by atoms with van der Waals surface area (Å²) >= 11 is 0. The van der Waals surface area contributed by atoms with E-state index in [1.165, 1.54) is 19.5 Å². The summed E-state index contributed by atoms with van der Waals surface area (Å²) in [6.45, 7) is 3.26. The Morgan fingerprint density at radius 3 is 2.30 bits per heavy atom. The largest absolute Gasteiger partial charge is 1.00 e. The summed E-state index contributed by atoms with van der Waals surface area (Å²) in [5, 5.41) is 11.7. The number of nitrogens with zero attached hydrogens (tertiary/aromatic N) is 1. The van der Waals surface area contributed by atoms with Gasteiger partial charge in [0.2, 0.25) is 0 Å². The first-order valence-corrected chi connectivity index (χ1v) is 10.3. The van der Waals surface area contributed by atoms with Gasteiger partial charge < -0.3 is 31.3 Å². The second kappa shape index (κ2) is 8.22. The third kappa shape index (κ3) is 3.96. The Balaban J connectivity index is 0.00000210. The number of fused-ring (bicyclic) bond motifs is 3. The molecule has 5 rings (SSSR count). The van der Waals surface area contributed by atoms with Crippen molar-refractivity contribution < 1.29 is 36.1 Å². The van der Waals surface area contributed by atoms with E-state index in [0.717, 1.165) is 49.6 Å². The van der Waals surface area contributed by atoms with Crippen LogP contribution in [0.25, 0.3) is 0 Å². The van der Waals surface area contributed by atoms with Crippen molar-refractivity contribution in [1.29, 1.82) is 0 Å². The molecule has 1 saturated carbocycles. The molecule has 3 saturated heterocycles. The zero-order valence-electron chi connectivity index (χ0n) is 16.3. The number of piperidine rings is 3. The molecule has 150 valence electrons. The van der Waals surface area contributed by atoms with Gasteiger partial charge in [-0.1, -0.05) is 49.6 Å². The molecular formula is C22H32BrNO3. The van der Waals surface area contributed by atoms with E-state index < -0.39 is 11.6 Å². The zero-order valence-corrected chi connectivity index (χ0v) is 17.9. The fourth-order valence-corrected chi connectivity index (χ4v) is 5.44. The molecule has 3 heterocycles. The van der Waals surface area contributed by atoms with E-state index in [1.54, 1.807) is 0 Å². The summed E-state index contributed by atoms with van der Waals surface area (Å²) in [7, 11) is 2.26. The van der Waals surface area contributed by atoms with Gasteiger partial charge in [0.15, 0.2) is 11.7 Å². The fraction of sp³-hybridized carbons (Fsp3) is 0.682. The average molecular weight is 438 g/mol. The molecule has 2 bridgehead atoms. The van der Waals surface area contributed by atoms with Gasteiger partial charge in [0.05, 0.1) is 20.1 Å². The number of aliphatic hydroxyl groups is 1. The number of carbonyl (C=O) groups is 1. The molecule has 1 aromatic carbocycles. The second-order valence-electron chi connectivity index (χ2n) is 9.00. The lowest BCUT2D eigenvalue weighted by molar-refractivity contribution is -0.928. The van der Waals surface area contributed by atoms with Crippen molar-refractivity contribution >= 4 is 5.97 Å². The molecule has 4 fully saturated rings. The van der Waals surface area contributed by atoms with Crippen LogP contribution in [-0.4, -0.2) is 48.3 Å². The molecule has 2 atom stereocenters. The molecule has 1 N–H and O–H groups in total. The first-order valence-electron chi connectivity index (χ1n) is 10.3. The Morgan fingerprint density at radius 1 is 1.07 bits per heavy atom. The second-order valence-corrected chi connectivity index (χ2v) is 9.00. The standard InChI is InChI=1S/C22H32NO3.BrH/c1-23-14-12-17(13-15-23)20(16-23)26-21(24)22(25,18-8-4-2-5-9-18)19-10-6-3-7-11-19;/h2,4-5,8-9,17,19-20,25H,3,6-7,10-16H2,1H3;1H/q+1;/p-1. The lowest BCUT2D eigenvalue weighted by Crippen LogP contribution is -3.00. The van der Waals surface area contributed by atoms with E-state index >= 15 is 0 Å². The molecule has 4 nitrogen and oxygen atoms in total. The number of esters is 1. The van der Waals surface area contributed by atoms with E-state index in [4.69, 9.17) is 4.74 Å². The SMILES string of the molecule is C[N+]12CCC(CC1)C(OC(=O)C(O)(c1ccccc1)C1CCCCC1)C2.[Br-]. The Labute approximate surface area is 173 Å². The molecule has 0 radical (unpaired) electrons. The molecule has 1 aromatic rings. The third-order valence-electron chi connectivity index (χ3n) is 7.21. The summed E-state index contributed by atoms with van der Waals surface area (Å²) < 4.78 is 7.06. The van der Waals surface area contributed by atoms with Crippen LogP contribution in [0.3, 0.4) is 0 Å². The van der Waals surface area contributed by atoms with E-state index in [-0.39, 0.29) is 29.0 Å². The quantitative estimate of drug-likeness (QED) is 0.542. The first-order chi connectivity index (χ1) is 12.5. The van der Waals surface area contributed by atoms with Gasteiger partial charge in [-0.25, -0.2) is 4.79 Å². The molecule has 27 heavy (non-hydrogen) atoms. The van der Waals surface area contributed by atoms with E-state index in [2.05, 4.69) is 7.05 Å². The minimum atomic E-state index is -1.51. The van der Waals surface area contributed by atoms with Crippen LogP contribution < -0.4 is 17.0 Å². The number of quaternary nitrogens is 1. The Bertz CT molecular complexity index is 638. The van der Waals surface area contributed by atoms with Gasteiger partial charge in [-0.05, 0) is 18.4 Å². The van der Waals surface area contributed by atoms with Crippen molar-refractivity contribution in [2.75, 3.05) is 26.7 Å². The molecule has 0 amide bonds. The highest BCUT2D eigenvalue weighted by Gasteiger charge is 2.51. The normalized spacial score (nSPS) is 33.0. The Kier molecular flexibility index (Phi) is 6.34. The van der Waals surface area contributed by atoms with Crippen LogP contribution in [0.15, 0.2) is 30.3 Å². The zero-order chi connectivity index (χ0) is 18.2. The Hall–Kier alpha value is -0.910. The number of hydrogen-bond donors (Lipinski definition) is 1. The highest BCUT2D eigenvalue weighted by Crippen LogP contribution is 2.42. The number of ether oxygens (including phenoxy) is 1. The average Bonchev–Trinajstić information content (AvgIpc) is 2.69. The highest BCUT2D eigenvalue weighted by molar-refractivity contribution is 5.81. The minimum Gasteiger partial charge on any atom is -1.00 e. The maximum absolute atomic E-state index is 13.3. The smallest absolute Gasteiger partial charge is 0.343 e. The van der Waals surface area contributed by atoms with Crippen molar-refractivity contribution in [2.24, 2.45) is 11.8 Å². The Morgan fingerprint density at radius 2 is 1.70 bits per heavy atom. The molecule has 5 heteroatoms. The number of hydrogen-bond acceptors (Lipinski definition) is 3. The molecule has 4 aliphatic rings. The van der Waals surface area contributed by atoms with Crippen LogP contribution in [0.4, 0.5) is 0 Å². The van der Waals surface area contributed by atoms with Crippen LogP contribution in [0.1, 0.15) is 50.5 Å². The maximum atomic E-state index is 13.3. The van der Waals surface area contributed by atoms with Gasteiger partial charge >= 0.3 is 5.97 Å². The topological polar surface area (TPSA) is 46.5 Å². The third-order valence-corrected chi connectivity index (χ3v) is 7.21. The van der Waals surface area contributed by atoms with Gasteiger partial charge in [-0.15, -0.1) is 0 Å². The summed E-state index contributed by atoms with van der Waals surface area (Å²) in [5.74, 6) is 0.00299. The predicted octanol–water partition coefficient (Wildman–Crippen LogP) is 0.241. The molecule has 2 unspecified atom stereocenters. The van der Waals surface area contributed by atoms with Gasteiger partial charge in [0.25, 0.3) is 0 Å². The van der Waals surface area contributed by atoms with Crippen LogP contribution >= 0.6 is 0 Å². The van der Waals surface area contributed by atoms with Gasteiger partial charge in [0.1, 0.15) is 6.54 Å². The van der Waals surface area contributed by atoms with Gasteiger partial charge in [0, 0.05) is 24.7 Å². The van der Waals surface area contributed by atoms with Crippen molar-refractivity contribution in [2.45, 2.75) is 56.7 Å². The van der Waals surface area contributed by atoms with E-state index in [9.17, 15) is 9.90 Å². The lowest BCUT2D eigenvalue weighted by Gasteiger charge is -2.50. The predicted molar refractivity (Wildman–Crippen MR) is 100 cm³/mol. The summed E-state index contributed by atoms with van der Waals surface area (Å²) in [4.78, 5) is 13.3. The van der Waals surface area contributed by atoms with Crippen LogP contribution in [0, 0.1) is 11.8 Å². The van der Waals surface area contributed by atoms with Crippen molar-refractivity contribution in [3.05, 3.63) is 35.9 Å². The number of likely N-dealkylation sites (N-methyl/N-ethyl adjacent to an activating group) is 1. The fourth-order valence-electron chi connectivity index (χ4n) is 5.44. The van der Waals surface area contributed by atoms with Gasteiger partial charge in [-0.2, -0.15) is 0 Å². The van der Waals surface area contributed by atoms with Crippen molar-refractivity contribution in [3.8, 4) is 0 Å². The summed E-state index contributed by atoms with van der Waals surface area (Å²) in [6, 6.07) is 9.48.